The van der Waals surface area contributed by atoms with Gasteiger partial charge in [-0.2, -0.15) is 0 Å². The fraction of sp³-hybridized carbons (Fsp3) is 0.391. The Morgan fingerprint density at radius 1 is 1.13 bits per heavy atom. The van der Waals surface area contributed by atoms with Crippen LogP contribution in [-0.4, -0.2) is 42.5 Å². The van der Waals surface area contributed by atoms with Crippen molar-refractivity contribution in [2.45, 2.75) is 38.8 Å². The number of carbonyl (C=O) groups excluding carboxylic acids is 2. The highest BCUT2D eigenvalue weighted by Crippen LogP contribution is 2.32. The van der Waals surface area contributed by atoms with Crippen LogP contribution in [0.2, 0.25) is 5.02 Å². The topological polar surface area (TPSA) is 73.5 Å². The first-order valence-electron chi connectivity index (χ1n) is 10.5. The summed E-state index contributed by atoms with van der Waals surface area (Å²) in [5.41, 5.74) is 1.33. The lowest BCUT2D eigenvalue weighted by Gasteiger charge is -2.29. The molecule has 1 aliphatic heterocycles. The average Bonchev–Trinajstić information content (AvgIpc) is 3.24. The molecule has 0 spiro atoms. The van der Waals surface area contributed by atoms with Gasteiger partial charge in [-0.15, -0.1) is 0 Å². The van der Waals surface area contributed by atoms with Crippen molar-refractivity contribution in [1.82, 2.24) is 15.5 Å². The van der Waals surface area contributed by atoms with Crippen molar-refractivity contribution >= 4 is 29.2 Å². The van der Waals surface area contributed by atoms with Crippen molar-refractivity contribution in [1.29, 1.82) is 0 Å². The first kappa shape index (κ1) is 23.0. The Morgan fingerprint density at radius 2 is 1.84 bits per heavy atom. The fourth-order valence-electron chi connectivity index (χ4n) is 3.76. The Balaban J connectivity index is 1.71. The number of urea groups is 1. The molecule has 2 aromatic carbocycles. The highest BCUT2D eigenvalue weighted by molar-refractivity contribution is 6.31. The number of likely N-dealkylation sites (tertiary alicyclic amines) is 1. The highest BCUT2D eigenvalue weighted by Gasteiger charge is 2.28. The van der Waals surface area contributed by atoms with Crippen LogP contribution in [0.4, 0.5) is 14.9 Å². The minimum Gasteiger partial charge on any atom is -0.350 e. The van der Waals surface area contributed by atoms with Gasteiger partial charge in [0.05, 0.1) is 6.04 Å². The molecule has 0 saturated carbocycles. The van der Waals surface area contributed by atoms with Crippen molar-refractivity contribution in [3.63, 3.8) is 0 Å². The molecular weight excluding hydrogens is 419 g/mol. The van der Waals surface area contributed by atoms with Gasteiger partial charge in [0.2, 0.25) is 0 Å². The summed E-state index contributed by atoms with van der Waals surface area (Å²) in [5, 5.41) is 8.71. The fourth-order valence-corrected chi connectivity index (χ4v) is 4.04. The predicted octanol–water partition coefficient (Wildman–Crippen LogP) is 4.58. The van der Waals surface area contributed by atoms with E-state index < -0.39 is 0 Å². The van der Waals surface area contributed by atoms with Crippen LogP contribution in [0.25, 0.3) is 0 Å². The molecule has 3 N–H and O–H groups in total. The van der Waals surface area contributed by atoms with Crippen LogP contribution in [0.15, 0.2) is 42.5 Å². The number of carbonyl (C=O) groups is 2. The minimum absolute atomic E-state index is 0.000733. The van der Waals surface area contributed by atoms with Crippen molar-refractivity contribution in [3.05, 3.63) is 64.4 Å². The van der Waals surface area contributed by atoms with E-state index in [4.69, 9.17) is 11.6 Å². The van der Waals surface area contributed by atoms with E-state index in [1.807, 2.05) is 13.8 Å². The first-order chi connectivity index (χ1) is 14.8. The minimum atomic E-state index is -0.374. The molecule has 166 valence electrons. The molecule has 0 aromatic heterocycles. The molecule has 1 atom stereocenters. The molecule has 2 aromatic rings. The summed E-state index contributed by atoms with van der Waals surface area (Å²) < 4.78 is 14.6. The third-order valence-corrected chi connectivity index (χ3v) is 5.50. The number of nitrogens with zero attached hydrogens (tertiary/aromatic N) is 1. The molecule has 1 heterocycles. The van der Waals surface area contributed by atoms with E-state index in [1.165, 1.54) is 6.07 Å². The lowest BCUT2D eigenvalue weighted by atomic mass is 10.0. The maximum Gasteiger partial charge on any atom is 0.319 e. The van der Waals surface area contributed by atoms with E-state index in [0.717, 1.165) is 25.9 Å². The average molecular weight is 447 g/mol. The zero-order chi connectivity index (χ0) is 22.4. The molecule has 0 aliphatic carbocycles. The molecular formula is C23H28ClFN4O2. The molecule has 1 fully saturated rings. The zero-order valence-corrected chi connectivity index (χ0v) is 18.5. The molecule has 3 rings (SSSR count). The van der Waals surface area contributed by atoms with Crippen LogP contribution < -0.4 is 16.0 Å². The van der Waals surface area contributed by atoms with Crippen LogP contribution in [0.1, 0.15) is 48.7 Å². The summed E-state index contributed by atoms with van der Waals surface area (Å²) in [5.74, 6) is -0.675. The van der Waals surface area contributed by atoms with E-state index in [2.05, 4.69) is 20.9 Å². The SMILES string of the molecule is CC(C)NC(=O)Nc1cccc(C(=O)NCC(c2c(F)cccc2Cl)N2CCCC2)c1. The Hall–Kier alpha value is -2.64. The molecule has 0 bridgehead atoms. The first-order valence-corrected chi connectivity index (χ1v) is 10.9. The molecule has 6 nitrogen and oxygen atoms in total. The third-order valence-electron chi connectivity index (χ3n) is 5.17. The highest BCUT2D eigenvalue weighted by atomic mass is 35.5. The molecule has 3 amide bonds. The maximum absolute atomic E-state index is 14.6. The van der Waals surface area contributed by atoms with Crippen molar-refractivity contribution < 1.29 is 14.0 Å². The Kier molecular flexibility index (Phi) is 7.87. The molecule has 1 unspecified atom stereocenters. The number of anilines is 1. The van der Waals surface area contributed by atoms with Gasteiger partial charge in [-0.25, -0.2) is 9.18 Å². The number of halogens is 2. The number of hydrogen-bond acceptors (Lipinski definition) is 3. The van der Waals surface area contributed by atoms with Crippen LogP contribution in [0, 0.1) is 5.82 Å². The van der Waals surface area contributed by atoms with Gasteiger partial charge in [0.25, 0.3) is 5.91 Å². The van der Waals surface area contributed by atoms with Crippen LogP contribution in [-0.2, 0) is 0 Å². The monoisotopic (exact) mass is 446 g/mol. The van der Waals surface area contributed by atoms with Crippen LogP contribution in [0.5, 0.6) is 0 Å². The molecule has 0 radical (unpaired) electrons. The molecule has 8 heteroatoms. The maximum atomic E-state index is 14.6. The largest absolute Gasteiger partial charge is 0.350 e. The lowest BCUT2D eigenvalue weighted by Crippen LogP contribution is -2.37. The molecule has 1 saturated heterocycles. The summed E-state index contributed by atoms with van der Waals surface area (Å²) in [4.78, 5) is 26.9. The quantitative estimate of drug-likeness (QED) is 0.583. The third kappa shape index (κ3) is 6.18. The van der Waals surface area contributed by atoms with Gasteiger partial charge in [0.15, 0.2) is 0 Å². The van der Waals surface area contributed by atoms with Crippen molar-refractivity contribution in [2.75, 3.05) is 25.0 Å². The van der Waals surface area contributed by atoms with E-state index in [0.29, 0.717) is 21.8 Å². The van der Waals surface area contributed by atoms with E-state index in [9.17, 15) is 14.0 Å². The Bertz CT molecular complexity index is 911. The number of hydrogen-bond donors (Lipinski definition) is 3. The zero-order valence-electron chi connectivity index (χ0n) is 17.8. The molecule has 1 aliphatic rings. The Labute approximate surface area is 187 Å². The summed E-state index contributed by atoms with van der Waals surface area (Å²) in [6.07, 6.45) is 2.06. The van der Waals surface area contributed by atoms with Gasteiger partial charge < -0.3 is 16.0 Å². The summed E-state index contributed by atoms with van der Waals surface area (Å²) >= 11 is 6.31. The predicted molar refractivity (Wildman–Crippen MR) is 121 cm³/mol. The van der Waals surface area contributed by atoms with Gasteiger partial charge in [0.1, 0.15) is 5.82 Å². The smallest absolute Gasteiger partial charge is 0.319 e. The van der Waals surface area contributed by atoms with Gasteiger partial charge in [0, 0.05) is 34.4 Å². The van der Waals surface area contributed by atoms with Crippen LogP contribution >= 0.6 is 11.6 Å². The van der Waals surface area contributed by atoms with Gasteiger partial charge in [-0.1, -0.05) is 23.7 Å². The second-order valence-corrected chi connectivity index (χ2v) is 8.35. The van der Waals surface area contributed by atoms with Gasteiger partial charge in [-0.3, -0.25) is 9.69 Å². The van der Waals surface area contributed by atoms with Gasteiger partial charge >= 0.3 is 6.03 Å². The van der Waals surface area contributed by atoms with E-state index in [-0.39, 0.29) is 36.4 Å². The second-order valence-electron chi connectivity index (χ2n) is 7.94. The number of amides is 3. The van der Waals surface area contributed by atoms with E-state index >= 15 is 0 Å². The number of nitrogens with one attached hydrogen (secondary N) is 3. The number of rotatable bonds is 7. The van der Waals surface area contributed by atoms with E-state index in [1.54, 1.807) is 36.4 Å². The Morgan fingerprint density at radius 3 is 2.52 bits per heavy atom. The number of benzene rings is 2. The summed E-state index contributed by atoms with van der Waals surface area (Å²) in [6.45, 7) is 5.61. The second kappa shape index (κ2) is 10.6. The normalized spacial score (nSPS) is 15.0. The lowest BCUT2D eigenvalue weighted by molar-refractivity contribution is 0.0937. The van der Waals surface area contributed by atoms with Crippen LogP contribution in [0.3, 0.4) is 0 Å². The summed E-state index contributed by atoms with van der Waals surface area (Å²) in [6, 6.07) is 10.6. The standard InChI is InChI=1S/C23H28ClFN4O2/c1-15(2)27-23(31)28-17-8-5-7-16(13-17)22(30)26-14-20(29-11-3-4-12-29)21-18(24)9-6-10-19(21)25/h5-10,13,15,20H,3-4,11-12,14H2,1-2H3,(H,26,30)(H2,27,28,31). The van der Waals surface area contributed by atoms with Gasteiger partial charge in [-0.05, 0) is 70.1 Å². The van der Waals surface area contributed by atoms with Crippen molar-refractivity contribution in [2.24, 2.45) is 0 Å². The summed E-state index contributed by atoms with van der Waals surface area (Å²) in [7, 11) is 0. The molecule has 31 heavy (non-hydrogen) atoms. The van der Waals surface area contributed by atoms with Crippen molar-refractivity contribution in [3.8, 4) is 0 Å².